The Morgan fingerprint density at radius 1 is 1.07 bits per heavy atom. The number of aryl methyl sites for hydroxylation is 1. The molecule has 27 heavy (non-hydrogen) atoms. The smallest absolute Gasteiger partial charge is 0.339 e. The normalized spacial score (nSPS) is 10.4. The van der Waals surface area contributed by atoms with E-state index in [0.29, 0.717) is 16.3 Å². The number of carbonyl (C=O) groups is 3. The zero-order chi connectivity index (χ0) is 20.1. The summed E-state index contributed by atoms with van der Waals surface area (Å²) in [6.45, 7) is 5.39. The Balaban J connectivity index is 2.03. The van der Waals surface area contributed by atoms with E-state index in [9.17, 15) is 14.4 Å². The Morgan fingerprint density at radius 2 is 1.78 bits per heavy atom. The maximum absolute atomic E-state index is 12.2. The molecule has 0 unspecified atom stereocenters. The fourth-order valence-electron chi connectivity index (χ4n) is 2.51. The monoisotopic (exact) mass is 411 g/mol. The molecule has 0 aliphatic heterocycles. The van der Waals surface area contributed by atoms with Gasteiger partial charge in [-0.25, -0.2) is 4.79 Å². The van der Waals surface area contributed by atoms with Crippen LogP contribution in [0, 0.1) is 13.8 Å². The van der Waals surface area contributed by atoms with E-state index in [2.05, 4.69) is 10.9 Å². The SMILES string of the molecule is CCOC(=O)c1cc(C)n(CC(=O)NNC(=O)c2cc(Cl)ccc2Cl)c1C. The first-order valence-corrected chi connectivity index (χ1v) is 8.88. The third kappa shape index (κ3) is 5.02. The number of halogens is 2. The maximum atomic E-state index is 12.2. The van der Waals surface area contributed by atoms with Crippen LogP contribution in [0.25, 0.3) is 0 Å². The van der Waals surface area contributed by atoms with Crippen molar-refractivity contribution in [1.82, 2.24) is 15.4 Å². The topological polar surface area (TPSA) is 89.4 Å². The molecule has 2 N–H and O–H groups in total. The molecule has 2 rings (SSSR count). The molecule has 0 fully saturated rings. The summed E-state index contributed by atoms with van der Waals surface area (Å²) in [6, 6.07) is 6.10. The molecule has 144 valence electrons. The Labute approximate surface area is 166 Å². The molecule has 0 saturated heterocycles. The van der Waals surface area contributed by atoms with Crippen molar-refractivity contribution in [3.05, 3.63) is 56.8 Å². The van der Waals surface area contributed by atoms with Crippen molar-refractivity contribution in [3.63, 3.8) is 0 Å². The molecule has 0 aliphatic carbocycles. The second kappa shape index (κ2) is 8.92. The number of rotatable bonds is 5. The van der Waals surface area contributed by atoms with E-state index in [0.717, 1.165) is 5.69 Å². The summed E-state index contributed by atoms with van der Waals surface area (Å²) < 4.78 is 6.65. The van der Waals surface area contributed by atoms with Crippen LogP contribution in [-0.2, 0) is 16.1 Å². The van der Waals surface area contributed by atoms with Crippen LogP contribution in [0.1, 0.15) is 39.0 Å². The van der Waals surface area contributed by atoms with E-state index >= 15 is 0 Å². The van der Waals surface area contributed by atoms with E-state index < -0.39 is 17.8 Å². The summed E-state index contributed by atoms with van der Waals surface area (Å²) in [6.07, 6.45) is 0. The standard InChI is InChI=1S/C18H19Cl2N3O4/c1-4-27-18(26)13-7-10(2)23(11(13)3)9-16(24)21-22-17(25)14-8-12(19)5-6-15(14)20/h5-8H,4,9H2,1-3H3,(H,21,24)(H,22,25). The minimum Gasteiger partial charge on any atom is -0.462 e. The maximum Gasteiger partial charge on any atom is 0.339 e. The largest absolute Gasteiger partial charge is 0.462 e. The summed E-state index contributed by atoms with van der Waals surface area (Å²) >= 11 is 11.8. The van der Waals surface area contributed by atoms with Gasteiger partial charge >= 0.3 is 5.97 Å². The third-order valence-electron chi connectivity index (χ3n) is 3.86. The second-order valence-electron chi connectivity index (χ2n) is 5.72. The van der Waals surface area contributed by atoms with Crippen molar-refractivity contribution in [3.8, 4) is 0 Å². The van der Waals surface area contributed by atoms with E-state index in [4.69, 9.17) is 27.9 Å². The number of hydrogen-bond donors (Lipinski definition) is 2. The third-order valence-corrected chi connectivity index (χ3v) is 4.42. The molecule has 0 aliphatic rings. The zero-order valence-corrected chi connectivity index (χ0v) is 16.6. The highest BCUT2D eigenvalue weighted by atomic mass is 35.5. The van der Waals surface area contributed by atoms with E-state index in [1.54, 1.807) is 37.5 Å². The summed E-state index contributed by atoms with van der Waals surface area (Å²) in [5.74, 6) is -1.51. The number of benzene rings is 1. The molecular formula is C18H19Cl2N3O4. The molecule has 9 heteroatoms. The predicted molar refractivity (Wildman–Crippen MR) is 102 cm³/mol. The lowest BCUT2D eigenvalue weighted by molar-refractivity contribution is -0.122. The number of hydrazine groups is 1. The average molecular weight is 412 g/mol. The first-order chi connectivity index (χ1) is 12.7. The Bertz CT molecular complexity index is 893. The van der Waals surface area contributed by atoms with Crippen LogP contribution in [0.5, 0.6) is 0 Å². The molecule has 2 amide bonds. The highest BCUT2D eigenvalue weighted by molar-refractivity contribution is 6.35. The molecule has 2 aromatic rings. The van der Waals surface area contributed by atoms with Gasteiger partial charge in [-0.15, -0.1) is 0 Å². The van der Waals surface area contributed by atoms with Crippen molar-refractivity contribution in [2.75, 3.05) is 6.61 Å². The molecule has 0 bridgehead atoms. The van der Waals surface area contributed by atoms with E-state index in [1.165, 1.54) is 12.1 Å². The Morgan fingerprint density at radius 3 is 2.44 bits per heavy atom. The fraction of sp³-hybridized carbons (Fsp3) is 0.278. The first kappa shape index (κ1) is 20.8. The van der Waals surface area contributed by atoms with Gasteiger partial charge in [0.2, 0.25) is 0 Å². The molecule has 0 atom stereocenters. The van der Waals surface area contributed by atoms with E-state index in [1.807, 2.05) is 0 Å². The van der Waals surface area contributed by atoms with Crippen molar-refractivity contribution >= 4 is 41.0 Å². The quantitative estimate of drug-likeness (QED) is 0.584. The Hall–Kier alpha value is -2.51. The number of amides is 2. The summed E-state index contributed by atoms with van der Waals surface area (Å²) in [7, 11) is 0. The van der Waals surface area contributed by atoms with Gasteiger partial charge in [-0.3, -0.25) is 20.4 Å². The minimum atomic E-state index is -0.594. The fourth-order valence-corrected chi connectivity index (χ4v) is 2.88. The van der Waals surface area contributed by atoms with Crippen LogP contribution in [0.2, 0.25) is 10.0 Å². The highest BCUT2D eigenvalue weighted by Gasteiger charge is 2.18. The number of nitrogens with one attached hydrogen (secondary N) is 2. The van der Waals surface area contributed by atoms with Crippen molar-refractivity contribution < 1.29 is 19.1 Å². The van der Waals surface area contributed by atoms with Gasteiger partial charge in [0, 0.05) is 16.4 Å². The van der Waals surface area contributed by atoms with Gasteiger partial charge < -0.3 is 9.30 Å². The number of aromatic nitrogens is 1. The molecule has 1 aromatic carbocycles. The first-order valence-electron chi connectivity index (χ1n) is 8.12. The average Bonchev–Trinajstić information content (AvgIpc) is 2.90. The predicted octanol–water partition coefficient (Wildman–Crippen LogP) is 3.05. The van der Waals surface area contributed by atoms with Gasteiger partial charge in [-0.1, -0.05) is 23.2 Å². The number of hydrogen-bond acceptors (Lipinski definition) is 4. The van der Waals surface area contributed by atoms with Crippen LogP contribution >= 0.6 is 23.2 Å². The Kier molecular flexibility index (Phi) is 6.87. The molecule has 1 aromatic heterocycles. The van der Waals surface area contributed by atoms with Crippen LogP contribution in [0.4, 0.5) is 0 Å². The number of esters is 1. The lowest BCUT2D eigenvalue weighted by Crippen LogP contribution is -2.43. The lowest BCUT2D eigenvalue weighted by Gasteiger charge is -2.12. The summed E-state index contributed by atoms with van der Waals surface area (Å²) in [5, 5.41) is 0.559. The highest BCUT2D eigenvalue weighted by Crippen LogP contribution is 2.20. The van der Waals surface area contributed by atoms with Gasteiger partial charge in [0.1, 0.15) is 6.54 Å². The van der Waals surface area contributed by atoms with E-state index in [-0.39, 0.29) is 23.7 Å². The van der Waals surface area contributed by atoms with Crippen LogP contribution < -0.4 is 10.9 Å². The lowest BCUT2D eigenvalue weighted by atomic mass is 10.2. The number of nitrogens with zero attached hydrogens (tertiary/aromatic N) is 1. The van der Waals surface area contributed by atoms with Gasteiger partial charge in [0.05, 0.1) is 22.8 Å². The van der Waals surface area contributed by atoms with Crippen molar-refractivity contribution in [1.29, 1.82) is 0 Å². The van der Waals surface area contributed by atoms with Crippen LogP contribution in [0.15, 0.2) is 24.3 Å². The second-order valence-corrected chi connectivity index (χ2v) is 6.56. The van der Waals surface area contributed by atoms with Crippen LogP contribution in [-0.4, -0.2) is 29.0 Å². The zero-order valence-electron chi connectivity index (χ0n) is 15.1. The van der Waals surface area contributed by atoms with Gasteiger partial charge in [-0.05, 0) is 45.0 Å². The summed E-state index contributed by atoms with van der Waals surface area (Å²) in [4.78, 5) is 36.3. The van der Waals surface area contributed by atoms with Gasteiger partial charge in [0.15, 0.2) is 0 Å². The summed E-state index contributed by atoms with van der Waals surface area (Å²) in [5.41, 5.74) is 6.47. The number of carbonyl (C=O) groups excluding carboxylic acids is 3. The molecular weight excluding hydrogens is 393 g/mol. The number of ether oxygens (including phenoxy) is 1. The molecule has 0 saturated carbocycles. The molecule has 0 radical (unpaired) electrons. The van der Waals surface area contributed by atoms with Crippen molar-refractivity contribution in [2.45, 2.75) is 27.3 Å². The van der Waals surface area contributed by atoms with Gasteiger partial charge in [-0.2, -0.15) is 0 Å². The molecule has 7 nitrogen and oxygen atoms in total. The van der Waals surface area contributed by atoms with Gasteiger partial charge in [0.25, 0.3) is 11.8 Å². The molecule has 0 spiro atoms. The molecule has 1 heterocycles. The van der Waals surface area contributed by atoms with Crippen LogP contribution in [0.3, 0.4) is 0 Å². The van der Waals surface area contributed by atoms with Crippen molar-refractivity contribution in [2.24, 2.45) is 0 Å². The minimum absolute atomic E-state index is 0.0827.